The maximum Gasteiger partial charge on any atom is 0.124 e. The molecule has 1 atom stereocenters. The maximum atomic E-state index is 6.68. The van der Waals surface area contributed by atoms with E-state index in [0.717, 1.165) is 33.8 Å². The molecule has 0 radical (unpaired) electrons. The Morgan fingerprint density at radius 3 is 2.10 bits per heavy atom. The van der Waals surface area contributed by atoms with Crippen LogP contribution in [0.25, 0.3) is 0 Å². The summed E-state index contributed by atoms with van der Waals surface area (Å²) >= 11 is 0. The van der Waals surface area contributed by atoms with Gasteiger partial charge in [0.25, 0.3) is 0 Å². The third kappa shape index (κ3) is 2.74. The highest BCUT2D eigenvalue weighted by Crippen LogP contribution is 2.36. The minimum absolute atomic E-state index is 0.631. The Morgan fingerprint density at radius 1 is 0.857 bits per heavy atom. The molecule has 3 heteroatoms. The van der Waals surface area contributed by atoms with Gasteiger partial charge in [-0.3, -0.25) is 0 Å². The molecular formula is C18H23NO2. The van der Waals surface area contributed by atoms with Gasteiger partial charge in [-0.2, -0.15) is 0 Å². The second-order valence-electron chi connectivity index (χ2n) is 5.54. The minimum Gasteiger partial charge on any atom is -0.496 e. The van der Waals surface area contributed by atoms with Gasteiger partial charge in [0.15, 0.2) is 0 Å². The largest absolute Gasteiger partial charge is 0.496 e. The molecule has 0 amide bonds. The number of para-hydroxylation sites is 1. The molecule has 0 spiro atoms. The molecule has 2 aromatic rings. The van der Waals surface area contributed by atoms with Crippen LogP contribution in [0.3, 0.4) is 0 Å². The fourth-order valence-electron chi connectivity index (χ4n) is 2.79. The van der Waals surface area contributed by atoms with Crippen molar-refractivity contribution in [2.24, 2.45) is 5.73 Å². The third-order valence-corrected chi connectivity index (χ3v) is 3.97. The summed E-state index contributed by atoms with van der Waals surface area (Å²) in [6, 6.07) is 12.0. The zero-order chi connectivity index (χ0) is 15.6. The monoisotopic (exact) mass is 285 g/mol. The first kappa shape index (κ1) is 15.4. The fourth-order valence-corrected chi connectivity index (χ4v) is 2.79. The molecule has 0 aliphatic heterocycles. The fraction of sp³-hybridized carbons (Fsp3) is 0.333. The van der Waals surface area contributed by atoms with E-state index in [1.54, 1.807) is 14.2 Å². The van der Waals surface area contributed by atoms with Crippen LogP contribution in [0.1, 0.15) is 29.2 Å². The molecule has 0 saturated carbocycles. The van der Waals surface area contributed by atoms with Crippen LogP contribution in [0.4, 0.5) is 0 Å². The van der Waals surface area contributed by atoms with Crippen molar-refractivity contribution in [3.8, 4) is 11.5 Å². The van der Waals surface area contributed by atoms with Crippen molar-refractivity contribution in [1.29, 1.82) is 0 Å². The van der Waals surface area contributed by atoms with Crippen molar-refractivity contribution >= 4 is 0 Å². The van der Waals surface area contributed by atoms with E-state index in [0.29, 0.717) is 0 Å². The van der Waals surface area contributed by atoms with E-state index in [1.807, 2.05) is 44.2 Å². The molecule has 0 bridgehead atoms. The lowest BCUT2D eigenvalue weighted by Gasteiger charge is -2.30. The molecular weight excluding hydrogens is 262 g/mol. The van der Waals surface area contributed by atoms with E-state index in [2.05, 4.69) is 13.0 Å². The Morgan fingerprint density at radius 2 is 1.48 bits per heavy atom. The normalized spacial score (nSPS) is 13.6. The van der Waals surface area contributed by atoms with Gasteiger partial charge in [0.05, 0.1) is 19.8 Å². The summed E-state index contributed by atoms with van der Waals surface area (Å²) in [7, 11) is 3.35. The zero-order valence-corrected chi connectivity index (χ0v) is 13.4. The highest BCUT2D eigenvalue weighted by Gasteiger charge is 2.29. The van der Waals surface area contributed by atoms with Gasteiger partial charge in [0.1, 0.15) is 11.5 Å². The van der Waals surface area contributed by atoms with Crippen LogP contribution >= 0.6 is 0 Å². The summed E-state index contributed by atoms with van der Waals surface area (Å²) in [5.41, 5.74) is 10.3. The molecule has 0 aliphatic carbocycles. The van der Waals surface area contributed by atoms with Crippen LogP contribution in [0, 0.1) is 13.8 Å². The Hall–Kier alpha value is -2.00. The first-order valence-electron chi connectivity index (χ1n) is 7.00. The number of benzene rings is 2. The van der Waals surface area contributed by atoms with Gasteiger partial charge < -0.3 is 15.2 Å². The predicted molar refractivity (Wildman–Crippen MR) is 86.1 cm³/mol. The SMILES string of the molecule is COc1cc(C)c(C(C)(N)c2ccccc2OC)cc1C. The Kier molecular flexibility index (Phi) is 4.24. The lowest BCUT2D eigenvalue weighted by molar-refractivity contribution is 0.398. The van der Waals surface area contributed by atoms with Crippen molar-refractivity contribution in [3.63, 3.8) is 0 Å². The maximum absolute atomic E-state index is 6.68. The lowest BCUT2D eigenvalue weighted by atomic mass is 9.82. The van der Waals surface area contributed by atoms with Crippen LogP contribution < -0.4 is 15.2 Å². The molecule has 1 unspecified atom stereocenters. The van der Waals surface area contributed by atoms with E-state index < -0.39 is 5.54 Å². The van der Waals surface area contributed by atoms with Gasteiger partial charge in [-0.25, -0.2) is 0 Å². The van der Waals surface area contributed by atoms with Crippen LogP contribution in [-0.2, 0) is 5.54 Å². The molecule has 2 N–H and O–H groups in total. The Bertz CT molecular complexity index is 648. The van der Waals surface area contributed by atoms with Gasteiger partial charge in [-0.15, -0.1) is 0 Å². The van der Waals surface area contributed by atoms with Crippen LogP contribution in [0.2, 0.25) is 0 Å². The second-order valence-corrected chi connectivity index (χ2v) is 5.54. The minimum atomic E-state index is -0.631. The quantitative estimate of drug-likeness (QED) is 0.934. The second kappa shape index (κ2) is 5.78. The molecule has 3 nitrogen and oxygen atoms in total. The van der Waals surface area contributed by atoms with Crippen LogP contribution in [0.15, 0.2) is 36.4 Å². The average Bonchev–Trinajstić information content (AvgIpc) is 2.48. The molecule has 2 aromatic carbocycles. The summed E-state index contributed by atoms with van der Waals surface area (Å²) in [5, 5.41) is 0. The highest BCUT2D eigenvalue weighted by molar-refractivity contribution is 5.51. The molecule has 0 fully saturated rings. The smallest absolute Gasteiger partial charge is 0.124 e. The Labute approximate surface area is 126 Å². The van der Waals surface area contributed by atoms with E-state index in [-0.39, 0.29) is 0 Å². The van der Waals surface area contributed by atoms with E-state index in [9.17, 15) is 0 Å². The van der Waals surface area contributed by atoms with E-state index in [1.165, 1.54) is 0 Å². The zero-order valence-electron chi connectivity index (χ0n) is 13.4. The van der Waals surface area contributed by atoms with Crippen LogP contribution in [0.5, 0.6) is 11.5 Å². The number of nitrogens with two attached hydrogens (primary N) is 1. The van der Waals surface area contributed by atoms with Crippen molar-refractivity contribution in [1.82, 2.24) is 0 Å². The van der Waals surface area contributed by atoms with E-state index in [4.69, 9.17) is 15.2 Å². The van der Waals surface area contributed by atoms with Crippen molar-refractivity contribution < 1.29 is 9.47 Å². The number of aryl methyl sites for hydroxylation is 2. The van der Waals surface area contributed by atoms with Gasteiger partial charge in [0.2, 0.25) is 0 Å². The molecule has 0 heterocycles. The summed E-state index contributed by atoms with van der Waals surface area (Å²) in [6.07, 6.45) is 0. The van der Waals surface area contributed by atoms with E-state index >= 15 is 0 Å². The molecule has 0 saturated heterocycles. The summed E-state index contributed by atoms with van der Waals surface area (Å²) in [5.74, 6) is 1.68. The van der Waals surface area contributed by atoms with Crippen molar-refractivity contribution in [2.75, 3.05) is 14.2 Å². The number of ether oxygens (including phenoxy) is 2. The van der Waals surface area contributed by atoms with Gasteiger partial charge in [-0.1, -0.05) is 18.2 Å². The first-order valence-corrected chi connectivity index (χ1v) is 7.00. The lowest BCUT2D eigenvalue weighted by Crippen LogP contribution is -2.35. The number of hydrogen-bond acceptors (Lipinski definition) is 3. The van der Waals surface area contributed by atoms with Gasteiger partial charge in [0, 0.05) is 5.56 Å². The average molecular weight is 285 g/mol. The standard InChI is InChI=1S/C18H23NO2/c1-12-11-17(21-5)13(2)10-15(12)18(3,19)14-8-6-7-9-16(14)20-4/h6-11H,19H2,1-5H3. The van der Waals surface area contributed by atoms with Crippen molar-refractivity contribution in [2.45, 2.75) is 26.3 Å². The van der Waals surface area contributed by atoms with Gasteiger partial charge >= 0.3 is 0 Å². The highest BCUT2D eigenvalue weighted by atomic mass is 16.5. The molecule has 0 aliphatic rings. The third-order valence-electron chi connectivity index (χ3n) is 3.97. The number of hydrogen-bond donors (Lipinski definition) is 1. The molecule has 0 aromatic heterocycles. The predicted octanol–water partition coefficient (Wildman–Crippen LogP) is 3.54. The first-order chi connectivity index (χ1) is 9.91. The topological polar surface area (TPSA) is 44.5 Å². The summed E-state index contributed by atoms with van der Waals surface area (Å²) in [6.45, 7) is 6.09. The Balaban J connectivity index is 2.61. The number of methoxy groups -OCH3 is 2. The summed E-state index contributed by atoms with van der Waals surface area (Å²) in [4.78, 5) is 0. The summed E-state index contributed by atoms with van der Waals surface area (Å²) < 4.78 is 10.8. The van der Waals surface area contributed by atoms with Crippen LogP contribution in [-0.4, -0.2) is 14.2 Å². The number of rotatable bonds is 4. The van der Waals surface area contributed by atoms with Crippen molar-refractivity contribution in [3.05, 3.63) is 58.7 Å². The molecule has 2 rings (SSSR count). The molecule has 21 heavy (non-hydrogen) atoms. The molecule has 112 valence electrons. The van der Waals surface area contributed by atoms with Gasteiger partial charge in [-0.05, 0) is 55.7 Å².